The van der Waals surface area contributed by atoms with Gasteiger partial charge < -0.3 is 14.6 Å². The molecule has 2 aliphatic rings. The molecule has 0 saturated carbocycles. The van der Waals surface area contributed by atoms with Gasteiger partial charge in [0.1, 0.15) is 6.10 Å². The zero-order valence-corrected chi connectivity index (χ0v) is 13.5. The molecule has 6 heteroatoms. The summed E-state index contributed by atoms with van der Waals surface area (Å²) in [5.74, 6) is 4.19. The molecule has 0 aromatic carbocycles. The molecule has 2 bridgehead atoms. The number of Topliss-reactive ketones (excluding diaryl/α,β-unsaturated/α-hetero) is 1. The standard InChI is InChI=1S/C18H18O6/c1-10-5-4-6-11(2)18(22)24-17-14(20)13(8-7-10)12(3)16(15(17)21)23-9-19/h6,9,15-17,21H,1,4-5H2,2-3H3/b11-6+/t15-,16+,17-/m0/s1. The van der Waals surface area contributed by atoms with Crippen molar-refractivity contribution >= 4 is 18.2 Å². The molecule has 0 spiro atoms. The van der Waals surface area contributed by atoms with Crippen molar-refractivity contribution in [3.8, 4) is 11.8 Å². The average molecular weight is 330 g/mol. The zero-order chi connectivity index (χ0) is 17.9. The number of aliphatic hydroxyl groups is 1. The molecule has 3 atom stereocenters. The van der Waals surface area contributed by atoms with E-state index in [1.165, 1.54) is 6.92 Å². The van der Waals surface area contributed by atoms with Gasteiger partial charge in [0.25, 0.3) is 6.47 Å². The quantitative estimate of drug-likeness (QED) is 0.461. The highest BCUT2D eigenvalue weighted by Crippen LogP contribution is 2.28. The number of aliphatic hydroxyl groups excluding tert-OH is 1. The van der Waals surface area contributed by atoms with Gasteiger partial charge in [0.05, 0.1) is 5.57 Å². The lowest BCUT2D eigenvalue weighted by Gasteiger charge is -2.33. The molecule has 0 aromatic heterocycles. The van der Waals surface area contributed by atoms with Gasteiger partial charge in [-0.25, -0.2) is 4.79 Å². The molecule has 0 fully saturated rings. The minimum absolute atomic E-state index is 0.0632. The van der Waals surface area contributed by atoms with Crippen molar-refractivity contribution in [1.29, 1.82) is 0 Å². The summed E-state index contributed by atoms with van der Waals surface area (Å²) in [5.41, 5.74) is 1.30. The van der Waals surface area contributed by atoms with Crippen LogP contribution >= 0.6 is 0 Å². The van der Waals surface area contributed by atoms with Crippen molar-refractivity contribution in [2.45, 2.75) is 45.0 Å². The van der Waals surface area contributed by atoms with Crippen LogP contribution in [0.4, 0.5) is 0 Å². The molecule has 24 heavy (non-hydrogen) atoms. The average Bonchev–Trinajstić information content (AvgIpc) is 2.54. The summed E-state index contributed by atoms with van der Waals surface area (Å²) in [6.45, 7) is 7.09. The molecular weight excluding hydrogens is 312 g/mol. The highest BCUT2D eigenvalue weighted by Gasteiger charge is 2.45. The minimum Gasteiger partial charge on any atom is -0.457 e. The first-order chi connectivity index (χ1) is 11.4. The minimum atomic E-state index is -1.49. The third-order valence-electron chi connectivity index (χ3n) is 3.97. The number of carbonyl (C=O) groups excluding carboxylic acids is 3. The fourth-order valence-electron chi connectivity index (χ4n) is 2.54. The van der Waals surface area contributed by atoms with E-state index in [2.05, 4.69) is 18.4 Å². The number of hydrogen-bond acceptors (Lipinski definition) is 6. The Hall–Kier alpha value is -2.65. The number of carbonyl (C=O) groups is 3. The second kappa shape index (κ2) is 7.28. The summed E-state index contributed by atoms with van der Waals surface area (Å²) in [6.07, 6.45) is -1.31. The van der Waals surface area contributed by atoms with Gasteiger partial charge in [0.15, 0.2) is 12.2 Å². The summed E-state index contributed by atoms with van der Waals surface area (Å²) < 4.78 is 10.0. The van der Waals surface area contributed by atoms with Crippen LogP contribution in [0.1, 0.15) is 26.7 Å². The van der Waals surface area contributed by atoms with E-state index >= 15 is 0 Å². The Bertz CT molecular complexity index is 716. The van der Waals surface area contributed by atoms with E-state index in [1.54, 1.807) is 13.0 Å². The Morgan fingerprint density at radius 1 is 1.38 bits per heavy atom. The first-order valence-corrected chi connectivity index (χ1v) is 7.46. The molecule has 0 amide bonds. The van der Waals surface area contributed by atoms with Crippen molar-refractivity contribution in [2.75, 3.05) is 0 Å². The lowest BCUT2D eigenvalue weighted by Crippen LogP contribution is -2.51. The summed E-state index contributed by atoms with van der Waals surface area (Å²) in [6, 6.07) is 0. The molecule has 1 aliphatic carbocycles. The fraction of sp³-hybridized carbons (Fsp3) is 0.389. The lowest BCUT2D eigenvalue weighted by molar-refractivity contribution is -0.166. The Kier molecular flexibility index (Phi) is 5.37. The first kappa shape index (κ1) is 17.7. The van der Waals surface area contributed by atoms with E-state index in [0.717, 1.165) is 0 Å². The third kappa shape index (κ3) is 3.47. The van der Waals surface area contributed by atoms with Gasteiger partial charge in [-0.2, -0.15) is 0 Å². The van der Waals surface area contributed by atoms with E-state index in [0.29, 0.717) is 29.6 Å². The van der Waals surface area contributed by atoms with Gasteiger partial charge in [-0.15, -0.1) is 0 Å². The van der Waals surface area contributed by atoms with Gasteiger partial charge in [-0.3, -0.25) is 9.59 Å². The van der Waals surface area contributed by atoms with Crippen LogP contribution in [0.3, 0.4) is 0 Å². The first-order valence-electron chi connectivity index (χ1n) is 7.46. The normalized spacial score (nSPS) is 30.0. The lowest BCUT2D eigenvalue weighted by atomic mass is 9.84. The van der Waals surface area contributed by atoms with Crippen LogP contribution in [0.2, 0.25) is 0 Å². The summed E-state index contributed by atoms with van der Waals surface area (Å²) in [4.78, 5) is 35.4. The fourth-order valence-corrected chi connectivity index (χ4v) is 2.54. The monoisotopic (exact) mass is 330 g/mol. The van der Waals surface area contributed by atoms with Crippen LogP contribution < -0.4 is 0 Å². The molecule has 1 aliphatic heterocycles. The second-order valence-corrected chi connectivity index (χ2v) is 5.67. The van der Waals surface area contributed by atoms with Crippen LogP contribution in [-0.4, -0.2) is 41.6 Å². The molecule has 126 valence electrons. The van der Waals surface area contributed by atoms with Crippen molar-refractivity contribution < 1.29 is 29.0 Å². The Labute approximate surface area is 139 Å². The molecule has 0 saturated heterocycles. The van der Waals surface area contributed by atoms with E-state index in [9.17, 15) is 19.5 Å². The Morgan fingerprint density at radius 2 is 2.08 bits per heavy atom. The molecule has 0 aromatic rings. The molecule has 6 nitrogen and oxygen atoms in total. The van der Waals surface area contributed by atoms with Gasteiger partial charge in [-0.05, 0) is 37.8 Å². The van der Waals surface area contributed by atoms with E-state index in [-0.39, 0.29) is 12.0 Å². The predicted octanol–water partition coefficient (Wildman–Crippen LogP) is 1.000. The van der Waals surface area contributed by atoms with Gasteiger partial charge >= 0.3 is 5.97 Å². The number of esters is 1. The zero-order valence-electron chi connectivity index (χ0n) is 13.5. The molecule has 0 unspecified atom stereocenters. The number of ether oxygens (including phenoxy) is 2. The molecule has 0 radical (unpaired) electrons. The van der Waals surface area contributed by atoms with Crippen LogP contribution in [0.25, 0.3) is 0 Å². The van der Waals surface area contributed by atoms with E-state index in [1.807, 2.05) is 0 Å². The third-order valence-corrected chi connectivity index (χ3v) is 3.97. The van der Waals surface area contributed by atoms with Crippen molar-refractivity contribution in [3.63, 3.8) is 0 Å². The number of ketones is 1. The number of rotatable bonds is 2. The summed E-state index contributed by atoms with van der Waals surface area (Å²) in [5, 5.41) is 10.3. The van der Waals surface area contributed by atoms with Crippen molar-refractivity contribution in [1.82, 2.24) is 0 Å². The van der Waals surface area contributed by atoms with Crippen molar-refractivity contribution in [2.24, 2.45) is 0 Å². The van der Waals surface area contributed by atoms with Crippen LogP contribution in [-0.2, 0) is 23.9 Å². The smallest absolute Gasteiger partial charge is 0.334 e. The molecular formula is C18H18O6. The summed E-state index contributed by atoms with van der Waals surface area (Å²) >= 11 is 0. The number of fused-ring (bicyclic) bond motifs is 2. The number of hydrogen-bond donors (Lipinski definition) is 1. The highest BCUT2D eigenvalue weighted by atomic mass is 16.6. The van der Waals surface area contributed by atoms with Crippen LogP contribution in [0, 0.1) is 11.8 Å². The SMILES string of the molecule is C=C1C#CC2=C(C)[C@@H](OC=O)[C@H](O)[C@@H](OC(=O)/C(C)=C/CC1)C2=O. The maximum absolute atomic E-state index is 12.6. The Morgan fingerprint density at radius 3 is 2.75 bits per heavy atom. The maximum Gasteiger partial charge on any atom is 0.334 e. The van der Waals surface area contributed by atoms with Gasteiger partial charge in [0.2, 0.25) is 5.78 Å². The van der Waals surface area contributed by atoms with Crippen LogP contribution in [0.5, 0.6) is 0 Å². The summed E-state index contributed by atoms with van der Waals surface area (Å²) in [7, 11) is 0. The maximum atomic E-state index is 12.6. The largest absolute Gasteiger partial charge is 0.457 e. The van der Waals surface area contributed by atoms with Gasteiger partial charge in [-0.1, -0.05) is 24.5 Å². The molecule has 1 heterocycles. The second-order valence-electron chi connectivity index (χ2n) is 5.67. The topological polar surface area (TPSA) is 89.9 Å². The van der Waals surface area contributed by atoms with E-state index in [4.69, 9.17) is 9.47 Å². The van der Waals surface area contributed by atoms with Crippen molar-refractivity contribution in [3.05, 3.63) is 34.9 Å². The molecule has 1 N–H and O–H groups in total. The van der Waals surface area contributed by atoms with Gasteiger partial charge in [0, 0.05) is 5.57 Å². The van der Waals surface area contributed by atoms with Crippen LogP contribution in [0.15, 0.2) is 34.9 Å². The Balaban J connectivity index is 2.56. The highest BCUT2D eigenvalue weighted by molar-refractivity contribution is 6.06. The van der Waals surface area contributed by atoms with E-state index < -0.39 is 30.1 Å². The molecule has 2 rings (SSSR count). The predicted molar refractivity (Wildman–Crippen MR) is 84.4 cm³/mol. The number of allylic oxidation sites excluding steroid dienone is 2.